The van der Waals surface area contributed by atoms with E-state index in [0.717, 1.165) is 11.1 Å². The zero-order valence-corrected chi connectivity index (χ0v) is 20.1. The lowest BCUT2D eigenvalue weighted by Crippen LogP contribution is -2.37. The van der Waals surface area contributed by atoms with Crippen LogP contribution in [0.5, 0.6) is 0 Å². The maximum atomic E-state index is 13.2. The Hall–Kier alpha value is -4.13. The highest BCUT2D eigenvalue weighted by molar-refractivity contribution is 5.98. The summed E-state index contributed by atoms with van der Waals surface area (Å²) in [5, 5.41) is 5.51. The van der Waals surface area contributed by atoms with Crippen molar-refractivity contribution in [2.75, 3.05) is 11.9 Å². The van der Waals surface area contributed by atoms with Crippen molar-refractivity contribution in [1.82, 2.24) is 5.32 Å². The van der Waals surface area contributed by atoms with Gasteiger partial charge in [-0.1, -0.05) is 66.7 Å². The monoisotopic (exact) mass is 474 g/mol. The van der Waals surface area contributed by atoms with Crippen molar-refractivity contribution in [1.29, 1.82) is 0 Å². The molecule has 2 amide bonds. The zero-order valence-electron chi connectivity index (χ0n) is 20.1. The Labute approximate surface area is 205 Å². The second-order valence-corrected chi connectivity index (χ2v) is 8.98. The van der Waals surface area contributed by atoms with E-state index in [1.807, 2.05) is 60.7 Å². The molecular weight excluding hydrogens is 444 g/mol. The number of anilines is 1. The van der Waals surface area contributed by atoms with Gasteiger partial charge in [-0.05, 0) is 50.1 Å². The number of alkyl carbamates (subject to hydrolysis) is 1. The van der Waals surface area contributed by atoms with Crippen LogP contribution in [0, 0.1) is 0 Å². The van der Waals surface area contributed by atoms with Crippen molar-refractivity contribution in [3.8, 4) is 0 Å². The van der Waals surface area contributed by atoms with E-state index in [-0.39, 0.29) is 19.1 Å². The fourth-order valence-electron chi connectivity index (χ4n) is 3.31. The van der Waals surface area contributed by atoms with E-state index < -0.39 is 23.6 Å². The smallest absolute Gasteiger partial charge is 0.407 e. The molecule has 1 unspecified atom stereocenters. The van der Waals surface area contributed by atoms with Gasteiger partial charge in [0.2, 0.25) is 5.91 Å². The number of hydrogen-bond acceptors (Lipinski definition) is 5. The van der Waals surface area contributed by atoms with E-state index in [4.69, 9.17) is 9.47 Å². The number of hydrogen-bond donors (Lipinski definition) is 2. The van der Waals surface area contributed by atoms with Crippen molar-refractivity contribution in [3.63, 3.8) is 0 Å². The first-order chi connectivity index (χ1) is 16.7. The molecule has 0 spiro atoms. The SMILES string of the molecule is CC(C)(C)OC(=O)NCC(C(=O)Nc1cccc(C(=O)OCc2ccccc2)c1)c1ccccc1. The molecule has 3 rings (SSSR count). The van der Waals surface area contributed by atoms with E-state index in [9.17, 15) is 14.4 Å². The van der Waals surface area contributed by atoms with Crippen molar-refractivity contribution >= 4 is 23.7 Å². The Morgan fingerprint density at radius 3 is 2.17 bits per heavy atom. The summed E-state index contributed by atoms with van der Waals surface area (Å²) in [6.07, 6.45) is -0.602. The van der Waals surface area contributed by atoms with Crippen LogP contribution in [0.4, 0.5) is 10.5 Å². The van der Waals surface area contributed by atoms with Gasteiger partial charge < -0.3 is 20.1 Å². The summed E-state index contributed by atoms with van der Waals surface area (Å²) in [4.78, 5) is 37.8. The molecule has 3 aromatic carbocycles. The van der Waals surface area contributed by atoms with Crippen LogP contribution >= 0.6 is 0 Å². The molecule has 0 aliphatic heterocycles. The molecule has 1 atom stereocenters. The van der Waals surface area contributed by atoms with Crippen molar-refractivity contribution in [2.45, 2.75) is 38.9 Å². The summed E-state index contributed by atoms with van der Waals surface area (Å²) >= 11 is 0. The van der Waals surface area contributed by atoms with Gasteiger partial charge in [0.15, 0.2) is 0 Å². The van der Waals surface area contributed by atoms with Gasteiger partial charge in [0.25, 0.3) is 0 Å². The molecule has 7 heteroatoms. The first-order valence-electron chi connectivity index (χ1n) is 11.3. The summed E-state index contributed by atoms with van der Waals surface area (Å²) in [6, 6.07) is 25.1. The van der Waals surface area contributed by atoms with Crippen molar-refractivity contribution < 1.29 is 23.9 Å². The van der Waals surface area contributed by atoms with Gasteiger partial charge in [-0.2, -0.15) is 0 Å². The summed E-state index contributed by atoms with van der Waals surface area (Å²) in [7, 11) is 0. The van der Waals surface area contributed by atoms with Crippen LogP contribution in [0.2, 0.25) is 0 Å². The molecule has 0 radical (unpaired) electrons. The molecule has 0 heterocycles. The lowest BCUT2D eigenvalue weighted by molar-refractivity contribution is -0.117. The number of nitrogens with one attached hydrogen (secondary N) is 2. The van der Waals surface area contributed by atoms with Gasteiger partial charge in [-0.15, -0.1) is 0 Å². The normalized spacial score (nSPS) is 11.7. The van der Waals surface area contributed by atoms with E-state index in [1.54, 1.807) is 45.0 Å². The average Bonchev–Trinajstić information content (AvgIpc) is 2.83. The first-order valence-corrected chi connectivity index (χ1v) is 11.3. The number of carbonyl (C=O) groups excluding carboxylic acids is 3. The molecule has 0 bridgehead atoms. The molecular formula is C28H30N2O5. The van der Waals surface area contributed by atoms with Crippen LogP contribution < -0.4 is 10.6 Å². The van der Waals surface area contributed by atoms with Gasteiger partial charge >= 0.3 is 12.1 Å². The number of rotatable bonds is 8. The highest BCUT2D eigenvalue weighted by Crippen LogP contribution is 2.20. The zero-order chi connectivity index (χ0) is 25.3. The molecule has 0 aliphatic rings. The Morgan fingerprint density at radius 1 is 0.857 bits per heavy atom. The Kier molecular flexibility index (Phi) is 8.62. The lowest BCUT2D eigenvalue weighted by atomic mass is 9.98. The maximum absolute atomic E-state index is 13.2. The molecule has 2 N–H and O–H groups in total. The number of carbonyl (C=O) groups is 3. The quantitative estimate of drug-likeness (QED) is 0.433. The van der Waals surface area contributed by atoms with Gasteiger partial charge in [0, 0.05) is 12.2 Å². The number of ether oxygens (including phenoxy) is 2. The number of esters is 1. The molecule has 0 saturated heterocycles. The molecule has 182 valence electrons. The number of amides is 2. The second kappa shape index (κ2) is 11.8. The average molecular weight is 475 g/mol. The fraction of sp³-hybridized carbons (Fsp3) is 0.250. The maximum Gasteiger partial charge on any atom is 0.407 e. The van der Waals surface area contributed by atoms with E-state index in [1.165, 1.54) is 0 Å². The van der Waals surface area contributed by atoms with Crippen LogP contribution in [-0.4, -0.2) is 30.1 Å². The summed E-state index contributed by atoms with van der Waals surface area (Å²) < 4.78 is 10.7. The Balaban J connectivity index is 1.67. The third kappa shape index (κ3) is 8.30. The predicted molar refractivity (Wildman–Crippen MR) is 134 cm³/mol. The van der Waals surface area contributed by atoms with E-state index in [0.29, 0.717) is 11.3 Å². The molecule has 0 aliphatic carbocycles. The van der Waals surface area contributed by atoms with Crippen LogP contribution in [0.15, 0.2) is 84.9 Å². The second-order valence-electron chi connectivity index (χ2n) is 8.98. The first kappa shape index (κ1) is 25.5. The highest BCUT2D eigenvalue weighted by atomic mass is 16.6. The van der Waals surface area contributed by atoms with E-state index >= 15 is 0 Å². The minimum Gasteiger partial charge on any atom is -0.457 e. The fourth-order valence-corrected chi connectivity index (χ4v) is 3.31. The molecule has 3 aromatic rings. The molecule has 7 nitrogen and oxygen atoms in total. The van der Waals surface area contributed by atoms with Crippen LogP contribution in [-0.2, 0) is 20.9 Å². The predicted octanol–water partition coefficient (Wildman–Crippen LogP) is 5.29. The Morgan fingerprint density at radius 2 is 1.51 bits per heavy atom. The molecule has 0 fully saturated rings. The molecule has 0 aromatic heterocycles. The summed E-state index contributed by atoms with van der Waals surface area (Å²) in [5.41, 5.74) is 1.74. The lowest BCUT2D eigenvalue weighted by Gasteiger charge is -2.22. The van der Waals surface area contributed by atoms with Crippen molar-refractivity contribution in [3.05, 3.63) is 102 Å². The highest BCUT2D eigenvalue weighted by Gasteiger charge is 2.24. The van der Waals surface area contributed by atoms with Crippen LogP contribution in [0.25, 0.3) is 0 Å². The van der Waals surface area contributed by atoms with Crippen molar-refractivity contribution in [2.24, 2.45) is 0 Å². The Bertz CT molecular complexity index is 1140. The standard InChI is InChI=1S/C28H30N2O5/c1-28(2,3)35-27(33)29-18-24(21-13-8-5-9-14-21)25(31)30-23-16-10-15-22(17-23)26(32)34-19-20-11-6-4-7-12-20/h4-17,24H,18-19H2,1-3H3,(H,29,33)(H,30,31). The van der Waals surface area contributed by atoms with Crippen LogP contribution in [0.1, 0.15) is 48.2 Å². The minimum absolute atomic E-state index is 0.0452. The third-order valence-electron chi connectivity index (χ3n) is 4.95. The van der Waals surface area contributed by atoms with Gasteiger partial charge in [-0.25, -0.2) is 9.59 Å². The van der Waals surface area contributed by atoms with Gasteiger partial charge in [-0.3, -0.25) is 4.79 Å². The van der Waals surface area contributed by atoms with Crippen LogP contribution in [0.3, 0.4) is 0 Å². The summed E-state index contributed by atoms with van der Waals surface area (Å²) in [6.45, 7) is 5.51. The minimum atomic E-state index is -0.669. The van der Waals surface area contributed by atoms with Gasteiger partial charge in [0.1, 0.15) is 12.2 Å². The largest absolute Gasteiger partial charge is 0.457 e. The number of benzene rings is 3. The van der Waals surface area contributed by atoms with E-state index in [2.05, 4.69) is 10.6 Å². The topological polar surface area (TPSA) is 93.7 Å². The third-order valence-corrected chi connectivity index (χ3v) is 4.95. The molecule has 0 saturated carbocycles. The van der Waals surface area contributed by atoms with Gasteiger partial charge in [0.05, 0.1) is 11.5 Å². The molecule has 35 heavy (non-hydrogen) atoms. The summed E-state index contributed by atoms with van der Waals surface area (Å²) in [5.74, 6) is -1.49.